The number of sulfonamides is 1. The monoisotopic (exact) mass is 401 g/mol. The van der Waals surface area contributed by atoms with Crippen molar-refractivity contribution >= 4 is 15.7 Å². The molecule has 0 amide bonds. The van der Waals surface area contributed by atoms with Crippen molar-refractivity contribution < 1.29 is 39.2 Å². The summed E-state index contributed by atoms with van der Waals surface area (Å²) in [6.45, 7) is 2.99. The highest BCUT2D eigenvalue weighted by Crippen LogP contribution is 2.39. The van der Waals surface area contributed by atoms with E-state index >= 15 is 0 Å². The minimum Gasteiger partial charge on any atom is -0.274 e. The fraction of sp³-hybridized carbons (Fsp3) is 0.200. The third-order valence-corrected chi connectivity index (χ3v) is 4.91. The lowest BCUT2D eigenvalue weighted by Crippen LogP contribution is -2.21. The normalized spacial score (nSPS) is 12.3. The lowest BCUT2D eigenvalue weighted by atomic mass is 10.1. The molecular weight excluding hydrogens is 391 g/mol. The van der Waals surface area contributed by atoms with E-state index in [9.17, 15) is 39.2 Å². The van der Waals surface area contributed by atoms with Crippen molar-refractivity contribution in [3.8, 4) is 0 Å². The molecule has 0 unspecified atom stereocenters. The Morgan fingerprint density at radius 3 is 1.81 bits per heavy atom. The molecule has 0 fully saturated rings. The van der Waals surface area contributed by atoms with E-state index in [0.717, 1.165) is 6.07 Å². The van der Waals surface area contributed by atoms with Gasteiger partial charge in [0.05, 0.1) is 4.90 Å². The van der Waals surface area contributed by atoms with Crippen LogP contribution in [-0.4, -0.2) is 8.42 Å². The minimum atomic E-state index is -5.72. The van der Waals surface area contributed by atoms with Crippen molar-refractivity contribution in [2.45, 2.75) is 24.9 Å². The zero-order valence-electron chi connectivity index (χ0n) is 13.1. The maximum Gasteiger partial charge on any atom is 0.422 e. The summed E-state index contributed by atoms with van der Waals surface area (Å²) in [5.41, 5.74) is -3.87. The fourth-order valence-electron chi connectivity index (χ4n) is 2.26. The molecule has 2 rings (SSSR count). The number of aryl methyl sites for hydroxylation is 2. The number of nitrogens with one attached hydrogen (secondary N) is 1. The summed E-state index contributed by atoms with van der Waals surface area (Å²) in [6.07, 6.45) is -5.72. The van der Waals surface area contributed by atoms with Crippen LogP contribution in [0.5, 0.6) is 0 Å². The van der Waals surface area contributed by atoms with Gasteiger partial charge in [-0.3, -0.25) is 4.72 Å². The minimum absolute atomic E-state index is 0.145. The van der Waals surface area contributed by atoms with Crippen LogP contribution >= 0.6 is 0 Å². The molecule has 2 aromatic carbocycles. The van der Waals surface area contributed by atoms with Gasteiger partial charge in [-0.15, -0.1) is 0 Å². The average Bonchev–Trinajstić information content (AvgIpc) is 2.48. The largest absolute Gasteiger partial charge is 0.422 e. The van der Waals surface area contributed by atoms with Crippen molar-refractivity contribution in [3.05, 3.63) is 58.2 Å². The van der Waals surface area contributed by atoms with Gasteiger partial charge in [-0.25, -0.2) is 26.0 Å². The molecule has 0 heterocycles. The van der Waals surface area contributed by atoms with Crippen molar-refractivity contribution in [2.24, 2.45) is 0 Å². The van der Waals surface area contributed by atoms with Crippen LogP contribution in [0, 0.1) is 37.1 Å². The second kappa shape index (κ2) is 6.45. The van der Waals surface area contributed by atoms with E-state index in [4.69, 9.17) is 0 Å². The maximum atomic E-state index is 13.8. The highest BCUT2D eigenvalue weighted by atomic mass is 32.2. The summed E-state index contributed by atoms with van der Waals surface area (Å²) in [5, 5.41) is 0. The third kappa shape index (κ3) is 3.48. The van der Waals surface area contributed by atoms with Gasteiger partial charge in [-0.2, -0.15) is 13.2 Å². The van der Waals surface area contributed by atoms with Crippen molar-refractivity contribution in [3.63, 3.8) is 0 Å². The highest BCUT2D eigenvalue weighted by Gasteiger charge is 2.42. The molecule has 0 aliphatic carbocycles. The summed E-state index contributed by atoms with van der Waals surface area (Å²) >= 11 is 0. The zero-order valence-corrected chi connectivity index (χ0v) is 13.9. The SMILES string of the molecule is Cc1ccc(S(=O)(=O)Nc2c(F)c(F)c(C(F)(F)F)c(F)c2F)c(C)c1. The van der Waals surface area contributed by atoms with E-state index in [-0.39, 0.29) is 5.56 Å². The molecule has 0 aliphatic rings. The molecule has 26 heavy (non-hydrogen) atoms. The predicted octanol–water partition coefficient (Wildman–Crippen LogP) is 4.68. The Morgan fingerprint density at radius 2 is 1.38 bits per heavy atom. The van der Waals surface area contributed by atoms with Crippen LogP contribution < -0.4 is 4.72 Å². The molecule has 0 aliphatic heterocycles. The lowest BCUT2D eigenvalue weighted by Gasteiger charge is -2.16. The van der Waals surface area contributed by atoms with Crippen LogP contribution in [0.2, 0.25) is 0 Å². The fourth-order valence-corrected chi connectivity index (χ4v) is 3.55. The molecule has 142 valence electrons. The molecule has 11 heteroatoms. The van der Waals surface area contributed by atoms with Crippen LogP contribution in [0.25, 0.3) is 0 Å². The van der Waals surface area contributed by atoms with Crippen LogP contribution in [0.15, 0.2) is 23.1 Å². The van der Waals surface area contributed by atoms with Gasteiger partial charge >= 0.3 is 6.18 Å². The van der Waals surface area contributed by atoms with Crippen molar-refractivity contribution in [2.75, 3.05) is 4.72 Å². The Labute approximate surface area is 143 Å². The van der Waals surface area contributed by atoms with E-state index in [1.54, 1.807) is 6.92 Å². The molecule has 0 radical (unpaired) electrons. The predicted molar refractivity (Wildman–Crippen MR) is 78.0 cm³/mol. The molecule has 1 N–H and O–H groups in total. The molecule has 0 bridgehead atoms. The molecule has 2 aromatic rings. The average molecular weight is 401 g/mol. The molecule has 0 spiro atoms. The Bertz CT molecular complexity index is 955. The summed E-state index contributed by atoms with van der Waals surface area (Å²) in [5.74, 6) is -10.5. The standard InChI is InChI=1S/C15H10F7NO2S/c1-6-3-4-8(7(2)5-6)26(24,25)23-14-12(18)10(16)9(15(20,21)22)11(17)13(14)19/h3-5,23H,1-2H3. The first-order valence-corrected chi connectivity index (χ1v) is 8.29. The van der Waals surface area contributed by atoms with Gasteiger partial charge in [0.25, 0.3) is 10.0 Å². The van der Waals surface area contributed by atoms with Crippen LogP contribution in [0.3, 0.4) is 0 Å². The van der Waals surface area contributed by atoms with E-state index in [1.807, 2.05) is 0 Å². The molecule has 0 aromatic heterocycles. The third-order valence-electron chi connectivity index (χ3n) is 3.40. The van der Waals surface area contributed by atoms with Gasteiger partial charge < -0.3 is 0 Å². The highest BCUT2D eigenvalue weighted by molar-refractivity contribution is 7.92. The van der Waals surface area contributed by atoms with E-state index in [1.165, 1.54) is 23.8 Å². The maximum absolute atomic E-state index is 13.8. The van der Waals surface area contributed by atoms with Crippen molar-refractivity contribution in [1.29, 1.82) is 0 Å². The first-order valence-electron chi connectivity index (χ1n) is 6.80. The van der Waals surface area contributed by atoms with Gasteiger partial charge in [0, 0.05) is 0 Å². The molecule has 3 nitrogen and oxygen atoms in total. The number of hydrogen-bond acceptors (Lipinski definition) is 2. The van der Waals surface area contributed by atoms with Crippen LogP contribution in [-0.2, 0) is 16.2 Å². The summed E-state index contributed by atoms with van der Waals surface area (Å²) in [7, 11) is -4.73. The Hall–Kier alpha value is -2.30. The van der Waals surface area contributed by atoms with E-state index in [2.05, 4.69) is 0 Å². The second-order valence-electron chi connectivity index (χ2n) is 5.38. The van der Waals surface area contributed by atoms with Gasteiger partial charge in [-0.1, -0.05) is 17.7 Å². The van der Waals surface area contributed by atoms with E-state index in [0.29, 0.717) is 5.56 Å². The first kappa shape index (κ1) is 20.0. The smallest absolute Gasteiger partial charge is 0.274 e. The van der Waals surface area contributed by atoms with Gasteiger partial charge in [0.2, 0.25) is 0 Å². The molecular formula is C15H10F7NO2S. The molecule has 0 saturated carbocycles. The van der Waals surface area contributed by atoms with E-state index < -0.39 is 55.6 Å². The topological polar surface area (TPSA) is 46.2 Å². The summed E-state index contributed by atoms with van der Waals surface area (Å²) < 4.78 is 118. The number of alkyl halides is 3. The second-order valence-corrected chi connectivity index (χ2v) is 7.03. The Balaban J connectivity index is 2.64. The van der Waals surface area contributed by atoms with Gasteiger partial charge in [0.15, 0.2) is 23.3 Å². The first-order chi connectivity index (χ1) is 11.8. The number of halogens is 7. The lowest BCUT2D eigenvalue weighted by molar-refractivity contribution is -0.143. The Kier molecular flexibility index (Phi) is 4.97. The summed E-state index contributed by atoms with van der Waals surface area (Å²) in [4.78, 5) is -0.470. The number of benzene rings is 2. The zero-order chi connectivity index (χ0) is 20.0. The van der Waals surface area contributed by atoms with Crippen molar-refractivity contribution in [1.82, 2.24) is 0 Å². The number of hydrogen-bond donors (Lipinski definition) is 1. The Morgan fingerprint density at radius 1 is 0.885 bits per heavy atom. The van der Waals surface area contributed by atoms with Gasteiger partial charge in [-0.05, 0) is 25.5 Å². The molecule has 0 saturated heterocycles. The summed E-state index contributed by atoms with van der Waals surface area (Å²) in [6, 6.07) is 3.83. The van der Waals surface area contributed by atoms with Crippen LogP contribution in [0.1, 0.15) is 16.7 Å². The quantitative estimate of drug-likeness (QED) is 0.600. The molecule has 0 atom stereocenters. The number of anilines is 1. The number of rotatable bonds is 3. The van der Waals surface area contributed by atoms with Gasteiger partial charge in [0.1, 0.15) is 11.3 Å². The van der Waals surface area contributed by atoms with Crippen LogP contribution in [0.4, 0.5) is 36.4 Å².